The van der Waals surface area contributed by atoms with E-state index in [0.717, 1.165) is 11.4 Å². The fourth-order valence-electron chi connectivity index (χ4n) is 3.52. The first kappa shape index (κ1) is 21.0. The van der Waals surface area contributed by atoms with Crippen LogP contribution in [0.2, 0.25) is 0 Å². The predicted octanol–water partition coefficient (Wildman–Crippen LogP) is 2.52. The molecule has 7 nitrogen and oxygen atoms in total. The molecule has 2 heterocycles. The van der Waals surface area contributed by atoms with Crippen molar-refractivity contribution in [3.8, 4) is 0 Å². The van der Waals surface area contributed by atoms with Gasteiger partial charge in [0.15, 0.2) is 0 Å². The number of carbonyl (C=O) groups is 1. The van der Waals surface area contributed by atoms with Crippen LogP contribution in [0.5, 0.6) is 0 Å². The maximum absolute atomic E-state index is 13.0. The maximum Gasteiger partial charge on any atom is 0.254 e. The fourth-order valence-corrected chi connectivity index (χ4v) is 4.58. The van der Waals surface area contributed by atoms with Crippen molar-refractivity contribution in [1.29, 1.82) is 0 Å². The Labute approximate surface area is 182 Å². The van der Waals surface area contributed by atoms with E-state index in [2.05, 4.69) is 14.6 Å². The molecule has 0 spiro atoms. The molecule has 1 aliphatic rings. The highest BCUT2D eigenvalue weighted by molar-refractivity contribution is 7.89. The van der Waals surface area contributed by atoms with Crippen LogP contribution in [-0.2, 0) is 16.6 Å². The zero-order chi connectivity index (χ0) is 21.7. The first-order valence-electron chi connectivity index (χ1n) is 10.1. The molecule has 0 radical (unpaired) electrons. The average Bonchev–Trinajstić information content (AvgIpc) is 2.84. The van der Waals surface area contributed by atoms with Gasteiger partial charge in [-0.25, -0.2) is 18.1 Å². The summed E-state index contributed by atoms with van der Waals surface area (Å²) in [6.45, 7) is 2.66. The van der Waals surface area contributed by atoms with E-state index in [9.17, 15) is 13.2 Å². The molecular formula is C23H24N4O3S. The van der Waals surface area contributed by atoms with Crippen LogP contribution in [0.3, 0.4) is 0 Å². The summed E-state index contributed by atoms with van der Waals surface area (Å²) in [7, 11) is -3.73. The monoisotopic (exact) mass is 436 g/mol. The molecule has 8 heteroatoms. The van der Waals surface area contributed by atoms with E-state index in [1.807, 2.05) is 48.5 Å². The van der Waals surface area contributed by atoms with Gasteiger partial charge in [-0.1, -0.05) is 42.5 Å². The summed E-state index contributed by atoms with van der Waals surface area (Å²) in [4.78, 5) is 21.3. The minimum Gasteiger partial charge on any atom is -0.353 e. The SMILES string of the molecule is O=C(c1cccc(S(=O)(=O)NCc2ccccc2)c1)N1CCN(c2ccccn2)CC1. The summed E-state index contributed by atoms with van der Waals surface area (Å²) in [5, 5.41) is 0. The summed E-state index contributed by atoms with van der Waals surface area (Å²) in [5.74, 6) is 0.730. The Morgan fingerprint density at radius 3 is 2.35 bits per heavy atom. The number of anilines is 1. The minimum absolute atomic E-state index is 0.0846. The van der Waals surface area contributed by atoms with Gasteiger partial charge in [-0.15, -0.1) is 0 Å². The Balaban J connectivity index is 1.41. The Morgan fingerprint density at radius 1 is 0.903 bits per heavy atom. The molecule has 0 atom stereocenters. The van der Waals surface area contributed by atoms with Crippen molar-refractivity contribution in [2.24, 2.45) is 0 Å². The van der Waals surface area contributed by atoms with Crippen LogP contribution in [0.1, 0.15) is 15.9 Å². The van der Waals surface area contributed by atoms with Gasteiger partial charge in [0.2, 0.25) is 10.0 Å². The number of aromatic nitrogens is 1. The molecule has 0 aliphatic carbocycles. The van der Waals surface area contributed by atoms with Crippen molar-refractivity contribution in [3.63, 3.8) is 0 Å². The van der Waals surface area contributed by atoms with Gasteiger partial charge in [-0.05, 0) is 35.9 Å². The van der Waals surface area contributed by atoms with Crippen molar-refractivity contribution in [1.82, 2.24) is 14.6 Å². The Hall–Kier alpha value is -3.23. The van der Waals surface area contributed by atoms with Crippen molar-refractivity contribution >= 4 is 21.7 Å². The maximum atomic E-state index is 13.0. The van der Waals surface area contributed by atoms with Gasteiger partial charge < -0.3 is 9.80 Å². The van der Waals surface area contributed by atoms with Crippen molar-refractivity contribution in [2.75, 3.05) is 31.1 Å². The standard InChI is InChI=1S/C23H24N4O3S/c28-23(27-15-13-26(14-16-27)22-11-4-5-12-24-22)20-9-6-10-21(17-20)31(29,30)25-18-19-7-2-1-3-8-19/h1-12,17,25H,13-16,18H2. The van der Waals surface area contributed by atoms with Gasteiger partial charge in [0.1, 0.15) is 5.82 Å². The number of carbonyl (C=O) groups excluding carboxylic acids is 1. The molecule has 1 fully saturated rings. The largest absolute Gasteiger partial charge is 0.353 e. The van der Waals surface area contributed by atoms with E-state index < -0.39 is 10.0 Å². The van der Waals surface area contributed by atoms with Crippen LogP contribution in [-0.4, -0.2) is 50.4 Å². The smallest absolute Gasteiger partial charge is 0.254 e. The molecule has 3 aromatic rings. The highest BCUT2D eigenvalue weighted by Gasteiger charge is 2.24. The molecule has 1 saturated heterocycles. The molecule has 1 aromatic heterocycles. The molecule has 0 unspecified atom stereocenters. The first-order valence-corrected chi connectivity index (χ1v) is 11.6. The molecule has 31 heavy (non-hydrogen) atoms. The van der Waals surface area contributed by atoms with Crippen molar-refractivity contribution < 1.29 is 13.2 Å². The number of sulfonamides is 1. The van der Waals surface area contributed by atoms with Gasteiger partial charge in [0, 0.05) is 44.5 Å². The lowest BCUT2D eigenvalue weighted by Gasteiger charge is -2.35. The van der Waals surface area contributed by atoms with E-state index in [1.165, 1.54) is 12.1 Å². The van der Waals surface area contributed by atoms with E-state index in [0.29, 0.717) is 31.7 Å². The third-order valence-corrected chi connectivity index (χ3v) is 6.64. The highest BCUT2D eigenvalue weighted by Crippen LogP contribution is 2.17. The number of hydrogen-bond donors (Lipinski definition) is 1. The van der Waals surface area contributed by atoms with E-state index >= 15 is 0 Å². The number of pyridine rings is 1. The van der Waals surface area contributed by atoms with Crippen LogP contribution < -0.4 is 9.62 Å². The normalized spacial score (nSPS) is 14.5. The molecule has 1 amide bonds. The average molecular weight is 437 g/mol. The lowest BCUT2D eigenvalue weighted by atomic mass is 10.2. The van der Waals surface area contributed by atoms with E-state index in [4.69, 9.17) is 0 Å². The van der Waals surface area contributed by atoms with Gasteiger partial charge in [-0.2, -0.15) is 0 Å². The molecule has 160 valence electrons. The molecule has 1 aliphatic heterocycles. The molecular weight excluding hydrogens is 412 g/mol. The molecule has 1 N–H and O–H groups in total. The number of hydrogen-bond acceptors (Lipinski definition) is 5. The van der Waals surface area contributed by atoms with Crippen molar-refractivity contribution in [2.45, 2.75) is 11.4 Å². The zero-order valence-electron chi connectivity index (χ0n) is 17.0. The minimum atomic E-state index is -3.73. The number of nitrogens with one attached hydrogen (secondary N) is 1. The van der Waals surface area contributed by atoms with Crippen LogP contribution in [0.4, 0.5) is 5.82 Å². The lowest BCUT2D eigenvalue weighted by molar-refractivity contribution is 0.0746. The Morgan fingerprint density at radius 2 is 1.65 bits per heavy atom. The summed E-state index contributed by atoms with van der Waals surface area (Å²) >= 11 is 0. The summed E-state index contributed by atoms with van der Waals surface area (Å²) in [6.07, 6.45) is 1.75. The number of piperazine rings is 1. The second kappa shape index (κ2) is 9.28. The number of rotatable bonds is 6. The summed E-state index contributed by atoms with van der Waals surface area (Å²) < 4.78 is 28.0. The van der Waals surface area contributed by atoms with Gasteiger partial charge >= 0.3 is 0 Å². The zero-order valence-corrected chi connectivity index (χ0v) is 17.8. The molecule has 2 aromatic carbocycles. The van der Waals surface area contributed by atoms with Gasteiger partial charge in [0.25, 0.3) is 5.91 Å². The van der Waals surface area contributed by atoms with Crippen LogP contribution in [0.15, 0.2) is 83.9 Å². The molecule has 4 rings (SSSR count). The van der Waals surface area contributed by atoms with Gasteiger partial charge in [-0.3, -0.25) is 4.79 Å². The molecule has 0 saturated carbocycles. The van der Waals surface area contributed by atoms with Crippen molar-refractivity contribution in [3.05, 3.63) is 90.1 Å². The molecule has 0 bridgehead atoms. The Kier molecular flexibility index (Phi) is 6.29. The second-order valence-corrected chi connectivity index (χ2v) is 9.07. The first-order chi connectivity index (χ1) is 15.0. The fraction of sp³-hybridized carbons (Fsp3) is 0.217. The number of benzene rings is 2. The summed E-state index contributed by atoms with van der Waals surface area (Å²) in [6, 6.07) is 21.3. The quantitative estimate of drug-likeness (QED) is 0.642. The van der Waals surface area contributed by atoms with Crippen LogP contribution in [0, 0.1) is 0 Å². The Bertz CT molecular complexity index is 1130. The lowest BCUT2D eigenvalue weighted by Crippen LogP contribution is -2.49. The van der Waals surface area contributed by atoms with Crippen LogP contribution >= 0.6 is 0 Å². The third-order valence-electron chi connectivity index (χ3n) is 5.24. The van der Waals surface area contributed by atoms with Gasteiger partial charge in [0.05, 0.1) is 4.90 Å². The second-order valence-electron chi connectivity index (χ2n) is 7.31. The van der Waals surface area contributed by atoms with E-state index in [1.54, 1.807) is 23.2 Å². The topological polar surface area (TPSA) is 82.6 Å². The number of amides is 1. The highest BCUT2D eigenvalue weighted by atomic mass is 32.2. The predicted molar refractivity (Wildman–Crippen MR) is 119 cm³/mol. The third kappa shape index (κ3) is 5.10. The van der Waals surface area contributed by atoms with Crippen LogP contribution in [0.25, 0.3) is 0 Å². The number of nitrogens with zero attached hydrogens (tertiary/aromatic N) is 3. The van der Waals surface area contributed by atoms with E-state index in [-0.39, 0.29) is 17.3 Å². The summed E-state index contributed by atoms with van der Waals surface area (Å²) in [5.41, 5.74) is 1.23.